The van der Waals surface area contributed by atoms with Crippen molar-refractivity contribution in [2.24, 2.45) is 5.92 Å². The van der Waals surface area contributed by atoms with E-state index >= 15 is 0 Å². The number of hydrogen-bond acceptors (Lipinski definition) is 6. The van der Waals surface area contributed by atoms with Gasteiger partial charge in [-0.3, -0.25) is 4.90 Å². The van der Waals surface area contributed by atoms with Gasteiger partial charge in [-0.15, -0.1) is 0 Å². The Labute approximate surface area is 174 Å². The van der Waals surface area contributed by atoms with Gasteiger partial charge in [-0.1, -0.05) is 30.3 Å². The Bertz CT molecular complexity index is 747. The van der Waals surface area contributed by atoms with Crippen LogP contribution >= 0.6 is 0 Å². The summed E-state index contributed by atoms with van der Waals surface area (Å²) in [6.45, 7) is 7.19. The van der Waals surface area contributed by atoms with Gasteiger partial charge in [-0.05, 0) is 39.7 Å². The van der Waals surface area contributed by atoms with Crippen LogP contribution in [0.15, 0.2) is 30.3 Å². The van der Waals surface area contributed by atoms with Gasteiger partial charge in [0.2, 0.25) is 5.91 Å². The van der Waals surface area contributed by atoms with Gasteiger partial charge >= 0.3 is 6.09 Å². The summed E-state index contributed by atoms with van der Waals surface area (Å²) < 4.78 is 5.49. The zero-order valence-corrected chi connectivity index (χ0v) is 17.3. The van der Waals surface area contributed by atoms with Crippen molar-refractivity contribution in [3.63, 3.8) is 0 Å². The zero-order valence-electron chi connectivity index (χ0n) is 17.3. The Hall–Kier alpha value is -1.54. The molecule has 2 aliphatic rings. The third kappa shape index (κ3) is 4.19. The molecule has 0 aliphatic carbocycles. The van der Waals surface area contributed by atoms with Crippen LogP contribution in [0, 0.1) is 5.92 Å². The number of carbonyl (C=O) groups is 1. The van der Waals surface area contributed by atoms with E-state index in [0.29, 0.717) is 0 Å². The highest BCUT2D eigenvalue weighted by molar-refractivity contribution is 6.39. The third-order valence-corrected chi connectivity index (χ3v) is 5.76. The Morgan fingerprint density at radius 1 is 1.24 bits per heavy atom. The Kier molecular flexibility index (Phi) is 5.58. The molecule has 3 rings (SSSR count). The molecule has 4 unspecified atom stereocenters. The molecule has 154 valence electrons. The topological polar surface area (TPSA) is 93.5 Å². The second kappa shape index (κ2) is 7.30. The van der Waals surface area contributed by atoms with Crippen molar-refractivity contribution in [1.82, 2.24) is 9.80 Å². The molecule has 9 heteroatoms. The van der Waals surface area contributed by atoms with E-state index in [0.717, 1.165) is 5.56 Å². The van der Waals surface area contributed by atoms with Gasteiger partial charge in [0, 0.05) is 24.0 Å². The number of piperidine rings is 1. The van der Waals surface area contributed by atoms with Crippen molar-refractivity contribution >= 4 is 21.8 Å². The van der Waals surface area contributed by atoms with E-state index in [1.165, 1.54) is 9.80 Å². The van der Waals surface area contributed by atoms with Crippen molar-refractivity contribution < 1.29 is 24.9 Å². The lowest BCUT2D eigenvalue weighted by Crippen LogP contribution is -2.63. The number of fused-ring (bicyclic) bond motifs is 2. The van der Waals surface area contributed by atoms with Crippen molar-refractivity contribution in [2.45, 2.75) is 69.2 Å². The summed E-state index contributed by atoms with van der Waals surface area (Å²) in [5.41, 5.74) is 0.115. The molecule has 2 saturated heterocycles. The fourth-order valence-electron chi connectivity index (χ4n) is 4.54. The molecule has 7 nitrogen and oxygen atoms in total. The Morgan fingerprint density at radius 2 is 1.83 bits per heavy atom. The van der Waals surface area contributed by atoms with Gasteiger partial charge in [0.1, 0.15) is 21.3 Å². The summed E-state index contributed by atoms with van der Waals surface area (Å²) in [5.74, 6) is -3.32. The van der Waals surface area contributed by atoms with Crippen LogP contribution in [0.5, 0.6) is 0 Å². The lowest BCUT2D eigenvalue weighted by molar-refractivity contribution is -0.317. The maximum absolute atomic E-state index is 12.9. The van der Waals surface area contributed by atoms with E-state index in [9.17, 15) is 20.1 Å². The van der Waals surface area contributed by atoms with E-state index in [1.54, 1.807) is 20.8 Å². The Morgan fingerprint density at radius 3 is 2.34 bits per heavy atom. The maximum atomic E-state index is 12.9. The molecule has 1 aromatic carbocycles. The van der Waals surface area contributed by atoms with Crippen molar-refractivity contribution in [3.8, 4) is 0 Å². The summed E-state index contributed by atoms with van der Waals surface area (Å²) in [6.07, 6.45) is -0.472. The SMILES string of the molecule is [B]C([B])(O)C1C2CC(CN(C(C)c3ccccc3)C2(O)O)N1C(=O)OC(C)(C)C. The first-order chi connectivity index (χ1) is 13.2. The van der Waals surface area contributed by atoms with Crippen molar-refractivity contribution in [1.29, 1.82) is 0 Å². The standard InChI is InChI=1S/C20H28B2N2O5/c1-12(13-8-6-5-7-9-13)23-11-14-10-15(20(23,27)28)16(19(21,22)26)24(14)17(25)29-18(2,3)4/h5-9,12,14-16,26-28H,10-11H2,1-4H3. The minimum atomic E-state index is -2.33. The number of rotatable bonds is 3. The number of benzene rings is 1. The average molecular weight is 398 g/mol. The molecule has 2 fully saturated rings. The highest BCUT2D eigenvalue weighted by Gasteiger charge is 2.63. The number of likely N-dealkylation sites (tertiary alicyclic amines) is 2. The summed E-state index contributed by atoms with van der Waals surface area (Å²) in [6, 6.07) is 7.36. The van der Waals surface area contributed by atoms with Gasteiger partial charge in [0.15, 0.2) is 0 Å². The minimum absolute atomic E-state index is 0.158. The molecule has 4 atom stereocenters. The first-order valence-electron chi connectivity index (χ1n) is 9.81. The fourth-order valence-corrected chi connectivity index (χ4v) is 4.54. The van der Waals surface area contributed by atoms with Crippen LogP contribution in [0.2, 0.25) is 0 Å². The molecule has 0 saturated carbocycles. The maximum Gasteiger partial charge on any atom is 0.410 e. The highest BCUT2D eigenvalue weighted by Crippen LogP contribution is 2.48. The molecule has 1 aromatic rings. The second-order valence-electron chi connectivity index (χ2n) is 9.14. The predicted octanol–water partition coefficient (Wildman–Crippen LogP) is 0.679. The van der Waals surface area contributed by atoms with E-state index in [2.05, 4.69) is 0 Å². The van der Waals surface area contributed by atoms with Crippen LogP contribution < -0.4 is 0 Å². The molecule has 3 N–H and O–H groups in total. The van der Waals surface area contributed by atoms with Crippen LogP contribution in [-0.4, -0.2) is 82.4 Å². The van der Waals surface area contributed by atoms with Crippen LogP contribution in [0.1, 0.15) is 45.7 Å². The van der Waals surface area contributed by atoms with E-state index in [1.807, 2.05) is 37.3 Å². The number of nitrogens with zero attached hydrogens (tertiary/aromatic N) is 2. The predicted molar refractivity (Wildman–Crippen MR) is 109 cm³/mol. The zero-order chi connectivity index (χ0) is 21.8. The lowest BCUT2D eigenvalue weighted by Gasteiger charge is -2.47. The monoisotopic (exact) mass is 398 g/mol. The van der Waals surface area contributed by atoms with Crippen LogP contribution in [0.4, 0.5) is 4.79 Å². The molecule has 1 amide bonds. The largest absolute Gasteiger partial charge is 0.444 e. The van der Waals surface area contributed by atoms with Crippen LogP contribution in [0.25, 0.3) is 0 Å². The summed E-state index contributed by atoms with van der Waals surface area (Å²) in [4.78, 5) is 15.7. The van der Waals surface area contributed by atoms with E-state index in [4.69, 9.17) is 20.4 Å². The highest BCUT2D eigenvalue weighted by atomic mass is 16.6. The number of amides is 1. The molecule has 4 radical (unpaired) electrons. The van der Waals surface area contributed by atoms with Gasteiger partial charge in [-0.2, -0.15) is 0 Å². The summed E-state index contributed by atoms with van der Waals surface area (Å²) in [7, 11) is 11.6. The van der Waals surface area contributed by atoms with Gasteiger partial charge in [0.25, 0.3) is 0 Å². The molecule has 29 heavy (non-hydrogen) atoms. The summed E-state index contributed by atoms with van der Waals surface area (Å²) in [5, 5.41) is 30.3. The first kappa shape index (κ1) is 22.2. The van der Waals surface area contributed by atoms with Crippen LogP contribution in [0.3, 0.4) is 0 Å². The van der Waals surface area contributed by atoms with E-state index < -0.39 is 41.0 Å². The molecule has 0 spiro atoms. The van der Waals surface area contributed by atoms with Crippen molar-refractivity contribution in [2.75, 3.05) is 6.54 Å². The third-order valence-electron chi connectivity index (χ3n) is 5.76. The molecular weight excluding hydrogens is 370 g/mol. The lowest BCUT2D eigenvalue weighted by atomic mass is 9.58. The molecular formula is C20H28B2N2O5. The molecule has 2 aliphatic heterocycles. The minimum Gasteiger partial charge on any atom is -0.444 e. The van der Waals surface area contributed by atoms with E-state index in [-0.39, 0.29) is 19.0 Å². The number of aliphatic hydroxyl groups is 3. The normalized spacial score (nSPS) is 28.2. The molecule has 0 aromatic heterocycles. The van der Waals surface area contributed by atoms with Crippen molar-refractivity contribution in [3.05, 3.63) is 35.9 Å². The first-order valence-corrected chi connectivity index (χ1v) is 9.81. The average Bonchev–Trinajstić information content (AvgIpc) is 2.94. The number of carbonyl (C=O) groups excluding carboxylic acids is 1. The number of ether oxygens (including phenoxy) is 1. The summed E-state index contributed by atoms with van der Waals surface area (Å²) >= 11 is 0. The molecule has 2 heterocycles. The Balaban J connectivity index is 1.98. The van der Waals surface area contributed by atoms with Crippen LogP contribution in [-0.2, 0) is 4.74 Å². The number of hydrogen-bond donors (Lipinski definition) is 3. The smallest absolute Gasteiger partial charge is 0.410 e. The molecule has 2 bridgehead atoms. The quantitative estimate of drug-likeness (QED) is 0.513. The van der Waals surface area contributed by atoms with Gasteiger partial charge in [0.05, 0.1) is 12.0 Å². The van der Waals surface area contributed by atoms with Gasteiger partial charge in [-0.25, -0.2) is 9.69 Å². The fraction of sp³-hybridized carbons (Fsp3) is 0.650. The van der Waals surface area contributed by atoms with Gasteiger partial charge < -0.3 is 20.1 Å². The second-order valence-corrected chi connectivity index (χ2v) is 9.14.